The van der Waals surface area contributed by atoms with Crippen LogP contribution in [0.2, 0.25) is 0 Å². The van der Waals surface area contributed by atoms with Gasteiger partial charge in [-0.2, -0.15) is 0 Å². The summed E-state index contributed by atoms with van der Waals surface area (Å²) >= 11 is 1.59. The number of amidine groups is 1. The second kappa shape index (κ2) is 6.75. The van der Waals surface area contributed by atoms with Crippen LogP contribution in [0, 0.1) is 5.92 Å². The first-order valence-electron chi connectivity index (χ1n) is 5.50. The molecule has 92 valence electrons. The fourth-order valence-electron chi connectivity index (χ4n) is 1.16. The summed E-state index contributed by atoms with van der Waals surface area (Å²) in [5.41, 5.74) is 11.0. The van der Waals surface area contributed by atoms with E-state index in [1.807, 2.05) is 0 Å². The third-order valence-corrected chi connectivity index (χ3v) is 3.48. The fraction of sp³-hybridized carbons (Fsp3) is 0.800. The molecule has 6 heteroatoms. The molecule has 0 heterocycles. The van der Waals surface area contributed by atoms with Crippen molar-refractivity contribution in [3.8, 4) is 0 Å². The minimum absolute atomic E-state index is 0.444. The lowest BCUT2D eigenvalue weighted by Gasteiger charge is -2.04. The topological polar surface area (TPSA) is 102 Å². The number of rotatable bonds is 7. The molecule has 0 unspecified atom stereocenters. The third-order valence-electron chi connectivity index (χ3n) is 2.42. The van der Waals surface area contributed by atoms with Gasteiger partial charge < -0.3 is 16.6 Å². The second-order valence-electron chi connectivity index (χ2n) is 4.06. The summed E-state index contributed by atoms with van der Waals surface area (Å²) < 4.78 is 0. The number of hydrogen-bond donors (Lipinski definition) is 3. The van der Waals surface area contributed by atoms with E-state index in [9.17, 15) is 4.79 Å². The van der Waals surface area contributed by atoms with Crippen LogP contribution in [0.4, 0.5) is 0 Å². The van der Waals surface area contributed by atoms with Gasteiger partial charge in [0.1, 0.15) is 6.04 Å². The van der Waals surface area contributed by atoms with Crippen molar-refractivity contribution in [2.75, 3.05) is 12.3 Å². The monoisotopic (exact) mass is 245 g/mol. The molecule has 1 atom stereocenters. The lowest BCUT2D eigenvalue weighted by Crippen LogP contribution is -2.30. The molecule has 0 aliphatic heterocycles. The van der Waals surface area contributed by atoms with Gasteiger partial charge in [-0.15, -0.1) is 0 Å². The highest BCUT2D eigenvalue weighted by Crippen LogP contribution is 2.32. The van der Waals surface area contributed by atoms with Crippen molar-refractivity contribution in [1.29, 1.82) is 0 Å². The minimum Gasteiger partial charge on any atom is -0.480 e. The molecule has 0 radical (unpaired) electrons. The normalized spacial score (nSPS) is 18.4. The Bertz CT molecular complexity index is 267. The van der Waals surface area contributed by atoms with Crippen LogP contribution in [0.1, 0.15) is 25.7 Å². The van der Waals surface area contributed by atoms with Crippen LogP contribution in [0.25, 0.3) is 0 Å². The van der Waals surface area contributed by atoms with Crippen LogP contribution >= 0.6 is 11.8 Å². The largest absolute Gasteiger partial charge is 0.480 e. The summed E-state index contributed by atoms with van der Waals surface area (Å²) in [5.74, 6) is 0.934. The zero-order valence-electron chi connectivity index (χ0n) is 9.26. The van der Waals surface area contributed by atoms with Crippen LogP contribution in [0.15, 0.2) is 4.99 Å². The number of carboxylic acids is 1. The Kier molecular flexibility index (Phi) is 5.62. The van der Waals surface area contributed by atoms with Crippen LogP contribution < -0.4 is 11.5 Å². The van der Waals surface area contributed by atoms with E-state index < -0.39 is 12.0 Å². The zero-order valence-corrected chi connectivity index (χ0v) is 10.1. The summed E-state index contributed by atoms with van der Waals surface area (Å²) in [6, 6.07) is -0.782. The Morgan fingerprint density at radius 1 is 1.56 bits per heavy atom. The first-order valence-corrected chi connectivity index (χ1v) is 6.49. The van der Waals surface area contributed by atoms with Gasteiger partial charge in [-0.25, -0.2) is 0 Å². The molecule has 0 bridgehead atoms. The number of thioether (sulfide) groups is 1. The number of nitrogens with two attached hydrogens (primary N) is 2. The third kappa shape index (κ3) is 5.97. The number of carbonyl (C=O) groups is 1. The molecule has 1 aliphatic carbocycles. The highest BCUT2D eigenvalue weighted by atomic mass is 32.2. The van der Waals surface area contributed by atoms with E-state index in [1.165, 1.54) is 12.8 Å². The Labute approximate surface area is 99.7 Å². The van der Waals surface area contributed by atoms with E-state index in [0.717, 1.165) is 11.7 Å². The van der Waals surface area contributed by atoms with Crippen molar-refractivity contribution >= 4 is 22.9 Å². The van der Waals surface area contributed by atoms with Gasteiger partial charge in [-0.1, -0.05) is 11.8 Å². The molecule has 0 amide bonds. The van der Waals surface area contributed by atoms with Crippen molar-refractivity contribution in [2.45, 2.75) is 31.7 Å². The highest BCUT2D eigenvalue weighted by Gasteiger charge is 2.21. The molecule has 1 saturated carbocycles. The van der Waals surface area contributed by atoms with Crippen molar-refractivity contribution in [3.63, 3.8) is 0 Å². The Morgan fingerprint density at radius 2 is 2.25 bits per heavy atom. The molecular formula is C10H19N3O2S. The average Bonchev–Trinajstić information content (AvgIpc) is 3.04. The smallest absolute Gasteiger partial charge is 0.320 e. The number of hydrogen-bond acceptors (Lipinski definition) is 4. The standard InChI is InChI=1S/C10H19N3O2S/c11-8(9(14)15)2-1-5-13-10(12)16-6-7-3-4-7/h7-8H,1-6,11H2,(H2,12,13)(H,14,15)/t8-/m0/s1. The number of carboxylic acid groups (broad SMARTS) is 1. The highest BCUT2D eigenvalue weighted by molar-refractivity contribution is 8.13. The van der Waals surface area contributed by atoms with E-state index in [-0.39, 0.29) is 0 Å². The lowest BCUT2D eigenvalue weighted by atomic mass is 10.2. The summed E-state index contributed by atoms with van der Waals surface area (Å²) in [4.78, 5) is 14.6. The van der Waals surface area contributed by atoms with Gasteiger partial charge in [0.2, 0.25) is 0 Å². The van der Waals surface area contributed by atoms with E-state index in [0.29, 0.717) is 24.6 Å². The Balaban J connectivity index is 2.02. The number of aliphatic carboxylic acids is 1. The quantitative estimate of drug-likeness (QED) is 0.347. The molecule has 1 fully saturated rings. The number of aliphatic imine (C=N–C) groups is 1. The molecule has 0 aromatic carbocycles. The van der Waals surface area contributed by atoms with Crippen LogP contribution in [0.5, 0.6) is 0 Å². The number of nitrogens with zero attached hydrogens (tertiary/aromatic N) is 1. The van der Waals surface area contributed by atoms with E-state index in [4.69, 9.17) is 16.6 Å². The predicted molar refractivity (Wildman–Crippen MR) is 66.5 cm³/mol. The van der Waals surface area contributed by atoms with Crippen LogP contribution in [-0.4, -0.2) is 34.6 Å². The zero-order chi connectivity index (χ0) is 12.0. The molecular weight excluding hydrogens is 226 g/mol. The van der Waals surface area contributed by atoms with E-state index in [1.54, 1.807) is 11.8 Å². The fourth-order valence-corrected chi connectivity index (χ4v) is 2.08. The van der Waals surface area contributed by atoms with Crippen molar-refractivity contribution in [2.24, 2.45) is 22.4 Å². The van der Waals surface area contributed by atoms with Gasteiger partial charge in [0.05, 0.1) is 0 Å². The summed E-state index contributed by atoms with van der Waals surface area (Å²) in [7, 11) is 0. The first kappa shape index (κ1) is 13.3. The van der Waals surface area contributed by atoms with Gasteiger partial charge in [0, 0.05) is 12.3 Å². The maximum absolute atomic E-state index is 10.4. The molecule has 1 aliphatic rings. The first-order chi connectivity index (χ1) is 7.59. The van der Waals surface area contributed by atoms with Crippen LogP contribution in [-0.2, 0) is 4.79 Å². The SMILES string of the molecule is NC(=NCCC[C@H](N)C(=O)O)SCC1CC1. The van der Waals surface area contributed by atoms with Crippen LogP contribution in [0.3, 0.4) is 0 Å². The maximum atomic E-state index is 10.4. The predicted octanol–water partition coefficient (Wildman–Crippen LogP) is 0.636. The molecule has 5 N–H and O–H groups in total. The lowest BCUT2D eigenvalue weighted by molar-refractivity contribution is -0.138. The average molecular weight is 245 g/mol. The summed E-state index contributed by atoms with van der Waals surface area (Å²) in [6.07, 6.45) is 3.74. The van der Waals surface area contributed by atoms with Gasteiger partial charge in [-0.3, -0.25) is 9.79 Å². The van der Waals surface area contributed by atoms with Crippen molar-refractivity contribution in [1.82, 2.24) is 0 Å². The molecule has 5 nitrogen and oxygen atoms in total. The molecule has 1 rings (SSSR count). The summed E-state index contributed by atoms with van der Waals surface area (Å²) in [5, 5.41) is 9.16. The Morgan fingerprint density at radius 3 is 2.81 bits per heavy atom. The van der Waals surface area contributed by atoms with Crippen molar-refractivity contribution in [3.05, 3.63) is 0 Å². The summed E-state index contributed by atoms with van der Waals surface area (Å²) in [6.45, 7) is 0.560. The van der Waals surface area contributed by atoms with Crippen molar-refractivity contribution < 1.29 is 9.90 Å². The molecule has 0 spiro atoms. The second-order valence-corrected chi connectivity index (χ2v) is 5.10. The minimum atomic E-state index is -0.958. The van der Waals surface area contributed by atoms with Gasteiger partial charge in [-0.05, 0) is 31.6 Å². The molecule has 0 aromatic rings. The van der Waals surface area contributed by atoms with E-state index >= 15 is 0 Å². The van der Waals surface area contributed by atoms with Gasteiger partial charge >= 0.3 is 5.97 Å². The molecule has 0 saturated heterocycles. The maximum Gasteiger partial charge on any atom is 0.320 e. The molecule has 0 aromatic heterocycles. The Hall–Kier alpha value is -0.750. The van der Waals surface area contributed by atoms with Gasteiger partial charge in [0.15, 0.2) is 5.17 Å². The van der Waals surface area contributed by atoms with E-state index in [2.05, 4.69) is 4.99 Å². The van der Waals surface area contributed by atoms with Gasteiger partial charge in [0.25, 0.3) is 0 Å². The molecule has 16 heavy (non-hydrogen) atoms.